The van der Waals surface area contributed by atoms with E-state index in [0.29, 0.717) is 18.9 Å². The zero-order valence-corrected chi connectivity index (χ0v) is 12.3. The van der Waals surface area contributed by atoms with Crippen molar-refractivity contribution in [2.75, 3.05) is 20.3 Å². The van der Waals surface area contributed by atoms with E-state index in [9.17, 15) is 4.79 Å². The van der Waals surface area contributed by atoms with Crippen molar-refractivity contribution < 1.29 is 14.3 Å². The van der Waals surface area contributed by atoms with Crippen LogP contribution in [0.25, 0.3) is 0 Å². The minimum Gasteiger partial charge on any atom is -0.495 e. The van der Waals surface area contributed by atoms with Gasteiger partial charge in [0.25, 0.3) is 0 Å². The number of amides is 1. The third-order valence-corrected chi connectivity index (χ3v) is 3.16. The van der Waals surface area contributed by atoms with E-state index in [0.717, 1.165) is 11.1 Å². The Kier molecular flexibility index (Phi) is 3.89. The molecular weight excluding hydrogens is 254 g/mol. The summed E-state index contributed by atoms with van der Waals surface area (Å²) in [5.41, 5.74) is 1.73. The van der Waals surface area contributed by atoms with Crippen molar-refractivity contribution in [1.82, 2.24) is 4.90 Å². The molecule has 4 heteroatoms. The van der Waals surface area contributed by atoms with Gasteiger partial charge in [0, 0.05) is 18.0 Å². The Morgan fingerprint density at radius 2 is 2.15 bits per heavy atom. The molecule has 4 nitrogen and oxygen atoms in total. The first-order valence-electron chi connectivity index (χ1n) is 6.52. The van der Waals surface area contributed by atoms with Gasteiger partial charge in [-0.3, -0.25) is 0 Å². The van der Waals surface area contributed by atoms with E-state index in [1.54, 1.807) is 7.11 Å². The van der Waals surface area contributed by atoms with Crippen LogP contribution in [0.5, 0.6) is 5.75 Å². The van der Waals surface area contributed by atoms with Crippen molar-refractivity contribution in [2.24, 2.45) is 5.41 Å². The SMILES string of the molecule is COc1cccc(C)c1C#CN1CC(C)(C)COC1=O. The second-order valence-corrected chi connectivity index (χ2v) is 5.69. The Labute approximate surface area is 119 Å². The van der Waals surface area contributed by atoms with E-state index in [1.807, 2.05) is 39.0 Å². The minimum absolute atomic E-state index is 0.0849. The number of carbonyl (C=O) groups excluding carboxylic acids is 1. The molecule has 0 spiro atoms. The Bertz CT molecular complexity index is 581. The molecular formula is C16H19NO3. The summed E-state index contributed by atoms with van der Waals surface area (Å²) in [4.78, 5) is 13.1. The molecule has 1 saturated heterocycles. The Morgan fingerprint density at radius 3 is 2.85 bits per heavy atom. The molecule has 0 atom stereocenters. The maximum Gasteiger partial charge on any atom is 0.421 e. The summed E-state index contributed by atoms with van der Waals surface area (Å²) in [7, 11) is 1.61. The lowest BCUT2D eigenvalue weighted by molar-refractivity contribution is 0.0297. The number of hydrogen-bond acceptors (Lipinski definition) is 3. The molecule has 1 amide bonds. The fraction of sp³-hybridized carbons (Fsp3) is 0.438. The van der Waals surface area contributed by atoms with Crippen molar-refractivity contribution >= 4 is 6.09 Å². The summed E-state index contributed by atoms with van der Waals surface area (Å²) >= 11 is 0. The predicted molar refractivity (Wildman–Crippen MR) is 76.4 cm³/mol. The van der Waals surface area contributed by atoms with Gasteiger partial charge in [-0.05, 0) is 24.5 Å². The minimum atomic E-state index is -0.385. The predicted octanol–water partition coefficient (Wildman–Crippen LogP) is 2.79. The lowest BCUT2D eigenvalue weighted by Gasteiger charge is -2.33. The quantitative estimate of drug-likeness (QED) is 0.739. The highest BCUT2D eigenvalue weighted by Crippen LogP contribution is 2.23. The molecule has 1 aliphatic heterocycles. The number of nitrogens with zero attached hydrogens (tertiary/aromatic N) is 1. The van der Waals surface area contributed by atoms with E-state index in [1.165, 1.54) is 4.90 Å². The number of methoxy groups -OCH3 is 1. The number of ether oxygens (including phenoxy) is 2. The van der Waals surface area contributed by atoms with Crippen LogP contribution in [-0.4, -0.2) is 31.3 Å². The molecule has 0 aromatic heterocycles. The maximum absolute atomic E-state index is 11.7. The van der Waals surface area contributed by atoms with Crippen LogP contribution in [-0.2, 0) is 4.74 Å². The highest BCUT2D eigenvalue weighted by Gasteiger charge is 2.32. The second-order valence-electron chi connectivity index (χ2n) is 5.69. The first kappa shape index (κ1) is 14.3. The molecule has 0 aliphatic carbocycles. The summed E-state index contributed by atoms with van der Waals surface area (Å²) in [6.07, 6.45) is -0.385. The summed E-state index contributed by atoms with van der Waals surface area (Å²) in [6, 6.07) is 8.62. The third-order valence-electron chi connectivity index (χ3n) is 3.16. The van der Waals surface area contributed by atoms with Gasteiger partial charge < -0.3 is 9.47 Å². The van der Waals surface area contributed by atoms with Gasteiger partial charge in [0.1, 0.15) is 12.4 Å². The first-order valence-corrected chi connectivity index (χ1v) is 6.52. The molecule has 106 valence electrons. The van der Waals surface area contributed by atoms with E-state index in [-0.39, 0.29) is 11.5 Å². The van der Waals surface area contributed by atoms with Crippen LogP contribution in [0.2, 0.25) is 0 Å². The van der Waals surface area contributed by atoms with Crippen molar-refractivity contribution in [1.29, 1.82) is 0 Å². The lowest BCUT2D eigenvalue weighted by atomic mass is 9.93. The maximum atomic E-state index is 11.7. The molecule has 0 radical (unpaired) electrons. The van der Waals surface area contributed by atoms with Crippen LogP contribution < -0.4 is 4.74 Å². The average molecular weight is 273 g/mol. The molecule has 2 rings (SSSR count). The van der Waals surface area contributed by atoms with Gasteiger partial charge in [-0.15, -0.1) is 0 Å². The monoisotopic (exact) mass is 273 g/mol. The molecule has 1 aliphatic rings. The molecule has 0 saturated carbocycles. The molecule has 1 heterocycles. The third kappa shape index (κ3) is 3.05. The second kappa shape index (κ2) is 5.46. The Morgan fingerprint density at radius 1 is 1.40 bits per heavy atom. The number of cyclic esters (lactones) is 1. The van der Waals surface area contributed by atoms with Crippen molar-refractivity contribution in [3.63, 3.8) is 0 Å². The molecule has 1 aromatic rings. The highest BCUT2D eigenvalue weighted by molar-refractivity contribution is 5.71. The number of benzene rings is 1. The van der Waals surface area contributed by atoms with Crippen LogP contribution >= 0.6 is 0 Å². The summed E-state index contributed by atoms with van der Waals surface area (Å²) in [6.45, 7) is 7.04. The topological polar surface area (TPSA) is 38.8 Å². The standard InChI is InChI=1S/C16H19NO3/c1-12-6-5-7-14(19-4)13(12)8-9-17-10-16(2,3)11-20-15(17)18/h5-7H,10-11H2,1-4H3. The van der Waals surface area contributed by atoms with Crippen molar-refractivity contribution in [2.45, 2.75) is 20.8 Å². The van der Waals surface area contributed by atoms with E-state index in [4.69, 9.17) is 9.47 Å². The van der Waals surface area contributed by atoms with Crippen LogP contribution in [0.15, 0.2) is 18.2 Å². The molecule has 0 N–H and O–H groups in total. The van der Waals surface area contributed by atoms with E-state index >= 15 is 0 Å². The zero-order chi connectivity index (χ0) is 14.8. The largest absolute Gasteiger partial charge is 0.495 e. The Hall–Kier alpha value is -2.15. The van der Waals surface area contributed by atoms with Gasteiger partial charge in [-0.2, -0.15) is 0 Å². The van der Waals surface area contributed by atoms with Crippen molar-refractivity contribution in [3.8, 4) is 17.7 Å². The fourth-order valence-corrected chi connectivity index (χ4v) is 2.05. The molecule has 20 heavy (non-hydrogen) atoms. The molecule has 0 unspecified atom stereocenters. The van der Waals surface area contributed by atoms with E-state index in [2.05, 4.69) is 12.0 Å². The van der Waals surface area contributed by atoms with Gasteiger partial charge in [-0.1, -0.05) is 26.0 Å². The van der Waals surface area contributed by atoms with Crippen molar-refractivity contribution in [3.05, 3.63) is 29.3 Å². The normalized spacial score (nSPS) is 17.0. The van der Waals surface area contributed by atoms with Crippen LogP contribution in [0, 0.1) is 24.3 Å². The lowest BCUT2D eigenvalue weighted by Crippen LogP contribution is -2.44. The number of aryl methyl sites for hydroxylation is 1. The molecule has 0 bridgehead atoms. The zero-order valence-electron chi connectivity index (χ0n) is 12.3. The van der Waals surface area contributed by atoms with Gasteiger partial charge in [-0.25, -0.2) is 9.69 Å². The summed E-state index contributed by atoms with van der Waals surface area (Å²) in [5, 5.41) is 0. The average Bonchev–Trinajstić information content (AvgIpc) is 2.40. The summed E-state index contributed by atoms with van der Waals surface area (Å²) < 4.78 is 10.4. The first-order chi connectivity index (χ1) is 9.43. The van der Waals surface area contributed by atoms with Gasteiger partial charge in [0.2, 0.25) is 0 Å². The number of hydrogen-bond donors (Lipinski definition) is 0. The van der Waals surface area contributed by atoms with Gasteiger partial charge >= 0.3 is 6.09 Å². The number of rotatable bonds is 1. The van der Waals surface area contributed by atoms with Crippen LogP contribution in [0.4, 0.5) is 4.79 Å². The summed E-state index contributed by atoms with van der Waals surface area (Å²) in [5.74, 6) is 3.73. The van der Waals surface area contributed by atoms with Gasteiger partial charge in [0.15, 0.2) is 0 Å². The smallest absolute Gasteiger partial charge is 0.421 e. The van der Waals surface area contributed by atoms with E-state index < -0.39 is 0 Å². The van der Waals surface area contributed by atoms with Gasteiger partial charge in [0.05, 0.1) is 12.7 Å². The highest BCUT2D eigenvalue weighted by atomic mass is 16.6. The number of carbonyl (C=O) groups is 1. The van der Waals surface area contributed by atoms with Crippen LogP contribution in [0.1, 0.15) is 25.0 Å². The molecule has 1 aromatic carbocycles. The van der Waals surface area contributed by atoms with Crippen LogP contribution in [0.3, 0.4) is 0 Å². The Balaban J connectivity index is 2.28. The fourth-order valence-electron chi connectivity index (χ4n) is 2.05. The molecule has 1 fully saturated rings.